The molecule has 0 spiro atoms. The van der Waals surface area contributed by atoms with E-state index in [0.717, 1.165) is 44.0 Å². The van der Waals surface area contributed by atoms with Gasteiger partial charge in [-0.25, -0.2) is 0 Å². The second kappa shape index (κ2) is 10.1. The van der Waals surface area contributed by atoms with Gasteiger partial charge < -0.3 is 15.0 Å². The van der Waals surface area contributed by atoms with E-state index < -0.39 is 0 Å². The van der Waals surface area contributed by atoms with Gasteiger partial charge in [0.15, 0.2) is 0 Å². The SMILES string of the molecule is CCC(NCc1ccccc1)[C@]1(CC)CC[C@H](Oc2cc3cc[nH]c(=O)c3cc2Cl)CC1. The highest BCUT2D eigenvalue weighted by Crippen LogP contribution is 2.44. The highest BCUT2D eigenvalue weighted by atomic mass is 35.5. The summed E-state index contributed by atoms with van der Waals surface area (Å²) in [5.74, 6) is 0.674. The predicted molar refractivity (Wildman–Crippen MR) is 133 cm³/mol. The van der Waals surface area contributed by atoms with E-state index in [0.29, 0.717) is 27.6 Å². The molecule has 0 saturated heterocycles. The summed E-state index contributed by atoms with van der Waals surface area (Å²) in [5.41, 5.74) is 1.50. The zero-order valence-corrected chi connectivity index (χ0v) is 19.8. The average Bonchev–Trinajstić information content (AvgIpc) is 2.82. The molecule has 3 aromatic rings. The maximum Gasteiger partial charge on any atom is 0.255 e. The van der Waals surface area contributed by atoms with Gasteiger partial charge in [-0.05, 0) is 73.1 Å². The Labute approximate surface area is 195 Å². The molecule has 1 unspecified atom stereocenters. The van der Waals surface area contributed by atoms with Crippen LogP contribution in [0.1, 0.15) is 57.9 Å². The van der Waals surface area contributed by atoms with Gasteiger partial charge in [0.05, 0.1) is 11.1 Å². The summed E-state index contributed by atoms with van der Waals surface area (Å²) in [4.78, 5) is 14.7. The Hall–Kier alpha value is -2.30. The molecular formula is C27H33ClN2O2. The monoisotopic (exact) mass is 452 g/mol. The minimum absolute atomic E-state index is 0.130. The molecule has 0 bridgehead atoms. The van der Waals surface area contributed by atoms with Gasteiger partial charge >= 0.3 is 0 Å². The van der Waals surface area contributed by atoms with Gasteiger partial charge in [0.25, 0.3) is 5.56 Å². The molecule has 0 amide bonds. The van der Waals surface area contributed by atoms with Gasteiger partial charge in [0.1, 0.15) is 5.75 Å². The summed E-state index contributed by atoms with van der Waals surface area (Å²) >= 11 is 6.46. The van der Waals surface area contributed by atoms with Crippen molar-refractivity contribution in [2.24, 2.45) is 5.41 Å². The standard InChI is InChI=1S/C27H33ClN2O2/c1-3-25(30-18-19-8-6-5-7-9-19)27(4-2)13-10-21(11-14-27)32-24-16-20-12-15-29-26(31)22(20)17-23(24)28/h5-9,12,15-17,21,25,30H,3-4,10-11,13-14,18H2,1-2H3,(H,29,31)/t21-,25?,27+. The van der Waals surface area contributed by atoms with E-state index in [1.807, 2.05) is 12.1 Å². The summed E-state index contributed by atoms with van der Waals surface area (Å²) in [7, 11) is 0. The Morgan fingerprint density at radius 1 is 1.16 bits per heavy atom. The molecular weight excluding hydrogens is 420 g/mol. The highest BCUT2D eigenvalue weighted by molar-refractivity contribution is 6.32. The Morgan fingerprint density at radius 2 is 1.91 bits per heavy atom. The van der Waals surface area contributed by atoms with Gasteiger partial charge in [0, 0.05) is 24.2 Å². The first kappa shape index (κ1) is 22.9. The van der Waals surface area contributed by atoms with Crippen molar-refractivity contribution in [3.8, 4) is 5.75 Å². The van der Waals surface area contributed by atoms with Crippen molar-refractivity contribution in [1.82, 2.24) is 10.3 Å². The second-order valence-corrected chi connectivity index (χ2v) is 9.44. The topological polar surface area (TPSA) is 54.1 Å². The average molecular weight is 453 g/mol. The van der Waals surface area contributed by atoms with Crippen LogP contribution in [0.2, 0.25) is 5.02 Å². The molecule has 0 aliphatic heterocycles. The van der Waals surface area contributed by atoms with E-state index in [4.69, 9.17) is 16.3 Å². The highest BCUT2D eigenvalue weighted by Gasteiger charge is 2.40. The van der Waals surface area contributed by atoms with Crippen molar-refractivity contribution in [2.75, 3.05) is 0 Å². The Kier molecular flexibility index (Phi) is 7.22. The minimum Gasteiger partial charge on any atom is -0.489 e. The number of hydrogen-bond donors (Lipinski definition) is 2. The Bertz CT molecular complexity index is 1090. The summed E-state index contributed by atoms with van der Waals surface area (Å²) < 4.78 is 6.35. The van der Waals surface area contributed by atoms with Crippen LogP contribution in [-0.4, -0.2) is 17.1 Å². The van der Waals surface area contributed by atoms with Crippen LogP contribution < -0.4 is 15.6 Å². The Morgan fingerprint density at radius 3 is 2.59 bits per heavy atom. The van der Waals surface area contributed by atoms with Crippen LogP contribution in [0, 0.1) is 5.41 Å². The number of aromatic nitrogens is 1. The van der Waals surface area contributed by atoms with Crippen LogP contribution in [-0.2, 0) is 6.54 Å². The number of hydrogen-bond acceptors (Lipinski definition) is 3. The number of fused-ring (bicyclic) bond motifs is 1. The van der Waals surface area contributed by atoms with Gasteiger partial charge in [0.2, 0.25) is 0 Å². The fourth-order valence-corrected chi connectivity index (χ4v) is 5.53. The molecule has 4 nitrogen and oxygen atoms in total. The molecule has 0 radical (unpaired) electrons. The lowest BCUT2D eigenvalue weighted by molar-refractivity contribution is 0.0457. The molecule has 4 rings (SSSR count). The van der Waals surface area contributed by atoms with Crippen molar-refractivity contribution in [3.63, 3.8) is 0 Å². The van der Waals surface area contributed by atoms with E-state index in [1.165, 1.54) is 12.0 Å². The number of halogens is 1. The summed E-state index contributed by atoms with van der Waals surface area (Å²) in [6.45, 7) is 5.53. The van der Waals surface area contributed by atoms with Crippen molar-refractivity contribution in [3.05, 3.63) is 75.7 Å². The molecule has 170 valence electrons. The number of H-pyrrole nitrogens is 1. The number of rotatable bonds is 8. The van der Waals surface area contributed by atoms with Gasteiger partial charge in [-0.1, -0.05) is 55.8 Å². The third kappa shape index (κ3) is 4.87. The van der Waals surface area contributed by atoms with E-state index in [9.17, 15) is 4.79 Å². The normalized spacial score (nSPS) is 22.0. The molecule has 1 atom stereocenters. The van der Waals surface area contributed by atoms with Crippen molar-refractivity contribution >= 4 is 22.4 Å². The van der Waals surface area contributed by atoms with Gasteiger partial charge in [-0.2, -0.15) is 0 Å². The van der Waals surface area contributed by atoms with Crippen LogP contribution in [0.15, 0.2) is 59.5 Å². The minimum atomic E-state index is -0.130. The molecule has 1 saturated carbocycles. The molecule has 1 fully saturated rings. The molecule has 2 aromatic carbocycles. The van der Waals surface area contributed by atoms with Gasteiger partial charge in [-0.15, -0.1) is 0 Å². The zero-order valence-electron chi connectivity index (χ0n) is 19.0. The van der Waals surface area contributed by atoms with Crippen molar-refractivity contribution < 1.29 is 4.74 Å². The lowest BCUT2D eigenvalue weighted by Gasteiger charge is -2.45. The first-order chi connectivity index (χ1) is 15.5. The quantitative estimate of drug-likeness (QED) is 0.412. The fraction of sp³-hybridized carbons (Fsp3) is 0.444. The largest absolute Gasteiger partial charge is 0.489 e. The number of nitrogens with one attached hydrogen (secondary N) is 2. The van der Waals surface area contributed by atoms with Gasteiger partial charge in [-0.3, -0.25) is 4.79 Å². The van der Waals surface area contributed by atoms with Crippen LogP contribution in [0.5, 0.6) is 5.75 Å². The lowest BCUT2D eigenvalue weighted by atomic mass is 9.66. The number of benzene rings is 2. The number of ether oxygens (including phenoxy) is 1. The third-order valence-corrected chi connectivity index (χ3v) is 7.59. The maximum absolute atomic E-state index is 12.0. The van der Waals surface area contributed by atoms with E-state index >= 15 is 0 Å². The molecule has 1 heterocycles. The molecule has 1 aromatic heterocycles. The zero-order chi connectivity index (χ0) is 22.6. The molecule has 1 aliphatic carbocycles. The summed E-state index contributed by atoms with van der Waals surface area (Å²) in [6, 6.07) is 16.6. The smallest absolute Gasteiger partial charge is 0.255 e. The second-order valence-electron chi connectivity index (χ2n) is 9.04. The first-order valence-electron chi connectivity index (χ1n) is 11.8. The summed E-state index contributed by atoms with van der Waals surface area (Å²) in [6.07, 6.45) is 8.40. The lowest BCUT2D eigenvalue weighted by Crippen LogP contribution is -2.47. The fourth-order valence-electron chi connectivity index (χ4n) is 5.32. The van der Waals surface area contributed by atoms with Crippen LogP contribution >= 0.6 is 11.6 Å². The van der Waals surface area contributed by atoms with E-state index in [2.05, 4.69) is 54.5 Å². The predicted octanol–water partition coefficient (Wildman–Crippen LogP) is 6.47. The maximum atomic E-state index is 12.0. The molecule has 1 aliphatic rings. The first-order valence-corrected chi connectivity index (χ1v) is 12.2. The third-order valence-electron chi connectivity index (χ3n) is 7.30. The number of pyridine rings is 1. The van der Waals surface area contributed by atoms with E-state index in [1.54, 1.807) is 12.3 Å². The Balaban J connectivity index is 1.42. The van der Waals surface area contributed by atoms with Crippen LogP contribution in [0.25, 0.3) is 10.8 Å². The molecule has 2 N–H and O–H groups in total. The summed E-state index contributed by atoms with van der Waals surface area (Å²) in [5, 5.41) is 5.79. The van der Waals surface area contributed by atoms with E-state index in [-0.39, 0.29) is 11.7 Å². The van der Waals surface area contributed by atoms with Crippen LogP contribution in [0.3, 0.4) is 0 Å². The number of aromatic amines is 1. The van der Waals surface area contributed by atoms with Crippen LogP contribution in [0.4, 0.5) is 0 Å². The van der Waals surface area contributed by atoms with Crippen molar-refractivity contribution in [1.29, 1.82) is 0 Å². The van der Waals surface area contributed by atoms with Crippen molar-refractivity contribution in [2.45, 2.75) is 71.1 Å². The molecule has 5 heteroatoms. The molecule has 32 heavy (non-hydrogen) atoms.